The molecule has 0 bridgehead atoms. The number of pyridine rings is 1. The molecule has 0 unspecified atom stereocenters. The third-order valence-electron chi connectivity index (χ3n) is 3.83. The van der Waals surface area contributed by atoms with Crippen molar-refractivity contribution in [2.24, 2.45) is 0 Å². The molecule has 6 heteroatoms. The third kappa shape index (κ3) is 4.57. The Morgan fingerprint density at radius 1 is 1.21 bits per heavy atom. The highest BCUT2D eigenvalue weighted by atomic mass is 19.4. The minimum absolute atomic E-state index is 0.0741. The van der Waals surface area contributed by atoms with Crippen molar-refractivity contribution in [3.05, 3.63) is 65.0 Å². The molecule has 0 fully saturated rings. The van der Waals surface area contributed by atoms with Crippen LogP contribution in [0.15, 0.2) is 42.6 Å². The van der Waals surface area contributed by atoms with E-state index in [1.165, 1.54) is 6.07 Å². The van der Waals surface area contributed by atoms with Crippen molar-refractivity contribution >= 4 is 5.91 Å². The zero-order chi connectivity index (χ0) is 17.7. The smallest absolute Gasteiger partial charge is 0.337 e. The van der Waals surface area contributed by atoms with E-state index >= 15 is 0 Å². The Labute approximate surface area is 139 Å². The number of aryl methyl sites for hydroxylation is 1. The van der Waals surface area contributed by atoms with Crippen molar-refractivity contribution in [1.82, 2.24) is 9.88 Å². The molecule has 1 aromatic carbocycles. The van der Waals surface area contributed by atoms with Gasteiger partial charge in [0.15, 0.2) is 0 Å². The number of benzene rings is 1. The average Bonchev–Trinajstić information content (AvgIpc) is 2.54. The third-order valence-corrected chi connectivity index (χ3v) is 3.83. The molecule has 0 aliphatic carbocycles. The first-order valence-corrected chi connectivity index (χ1v) is 7.65. The maximum atomic E-state index is 12.7. The quantitative estimate of drug-likeness (QED) is 0.827. The molecule has 1 amide bonds. The standard InChI is InChI=1S/C18H19F3N2O/c1-3-23(12-16-6-4-5-9-22-16)17(24)11-14-7-8-15(10-13(14)2)18(19,20)21/h4-10H,3,11-12H2,1-2H3. The second-order valence-corrected chi connectivity index (χ2v) is 5.54. The summed E-state index contributed by atoms with van der Waals surface area (Å²) in [7, 11) is 0. The second kappa shape index (κ2) is 7.47. The maximum absolute atomic E-state index is 12.7. The van der Waals surface area contributed by atoms with Gasteiger partial charge in [0.05, 0.1) is 24.2 Å². The van der Waals surface area contributed by atoms with Crippen molar-refractivity contribution in [3.8, 4) is 0 Å². The van der Waals surface area contributed by atoms with Gasteiger partial charge in [0.25, 0.3) is 0 Å². The van der Waals surface area contributed by atoms with Gasteiger partial charge in [-0.2, -0.15) is 13.2 Å². The molecule has 0 radical (unpaired) electrons. The lowest BCUT2D eigenvalue weighted by atomic mass is 10.0. The predicted octanol–water partition coefficient (Wildman–Crippen LogP) is 4.00. The summed E-state index contributed by atoms with van der Waals surface area (Å²) in [5.74, 6) is -0.133. The molecule has 0 atom stereocenters. The van der Waals surface area contributed by atoms with Crippen LogP contribution in [-0.4, -0.2) is 22.3 Å². The number of hydrogen-bond donors (Lipinski definition) is 0. The first-order chi connectivity index (χ1) is 11.3. The number of aromatic nitrogens is 1. The Hall–Kier alpha value is -2.37. The van der Waals surface area contributed by atoms with Gasteiger partial charge in [0.2, 0.25) is 5.91 Å². The van der Waals surface area contributed by atoms with Crippen LogP contribution in [0.25, 0.3) is 0 Å². The summed E-state index contributed by atoms with van der Waals surface area (Å²) >= 11 is 0. The van der Waals surface area contributed by atoms with E-state index in [0.717, 1.165) is 17.8 Å². The number of likely N-dealkylation sites (N-methyl/N-ethyl adjacent to an activating group) is 1. The van der Waals surface area contributed by atoms with Crippen molar-refractivity contribution < 1.29 is 18.0 Å². The second-order valence-electron chi connectivity index (χ2n) is 5.54. The fraction of sp³-hybridized carbons (Fsp3) is 0.333. The van der Waals surface area contributed by atoms with Crippen LogP contribution in [0.1, 0.15) is 29.3 Å². The summed E-state index contributed by atoms with van der Waals surface area (Å²) in [6.07, 6.45) is -2.64. The van der Waals surface area contributed by atoms with E-state index in [4.69, 9.17) is 0 Å². The van der Waals surface area contributed by atoms with E-state index in [0.29, 0.717) is 24.2 Å². The fourth-order valence-corrected chi connectivity index (χ4v) is 2.41. The number of carbonyl (C=O) groups is 1. The first-order valence-electron chi connectivity index (χ1n) is 7.65. The lowest BCUT2D eigenvalue weighted by Gasteiger charge is -2.21. The van der Waals surface area contributed by atoms with Crippen LogP contribution in [0.4, 0.5) is 13.2 Å². The summed E-state index contributed by atoms with van der Waals surface area (Å²) in [4.78, 5) is 18.3. The van der Waals surface area contributed by atoms with E-state index in [-0.39, 0.29) is 12.3 Å². The highest BCUT2D eigenvalue weighted by Gasteiger charge is 2.30. The molecule has 0 spiro atoms. The Morgan fingerprint density at radius 3 is 2.50 bits per heavy atom. The Bertz CT molecular complexity index is 699. The average molecular weight is 336 g/mol. The Morgan fingerprint density at radius 2 is 1.96 bits per heavy atom. The zero-order valence-corrected chi connectivity index (χ0v) is 13.6. The van der Waals surface area contributed by atoms with Crippen LogP contribution in [-0.2, 0) is 23.9 Å². The minimum Gasteiger partial charge on any atom is -0.337 e. The van der Waals surface area contributed by atoms with Crippen molar-refractivity contribution in [2.45, 2.75) is 33.0 Å². The van der Waals surface area contributed by atoms with Gasteiger partial charge in [-0.25, -0.2) is 0 Å². The summed E-state index contributed by atoms with van der Waals surface area (Å²) < 4.78 is 38.1. The highest BCUT2D eigenvalue weighted by Crippen LogP contribution is 2.30. The van der Waals surface area contributed by atoms with Gasteiger partial charge >= 0.3 is 6.18 Å². The monoisotopic (exact) mass is 336 g/mol. The fourth-order valence-electron chi connectivity index (χ4n) is 2.41. The summed E-state index contributed by atoms with van der Waals surface area (Å²) in [5, 5.41) is 0. The topological polar surface area (TPSA) is 33.2 Å². The van der Waals surface area contributed by atoms with Crippen LogP contribution in [0.2, 0.25) is 0 Å². The Kier molecular flexibility index (Phi) is 5.59. The number of nitrogens with zero attached hydrogens (tertiary/aromatic N) is 2. The molecule has 2 rings (SSSR count). The number of halogens is 3. The molecule has 0 aliphatic rings. The summed E-state index contributed by atoms with van der Waals surface area (Å²) in [5.41, 5.74) is 1.15. The maximum Gasteiger partial charge on any atom is 0.416 e. The molecule has 1 aromatic heterocycles. The van der Waals surface area contributed by atoms with Crippen LogP contribution in [0.5, 0.6) is 0 Å². The summed E-state index contributed by atoms with van der Waals surface area (Å²) in [6, 6.07) is 8.96. The molecule has 3 nitrogen and oxygen atoms in total. The summed E-state index contributed by atoms with van der Waals surface area (Å²) in [6.45, 7) is 4.35. The van der Waals surface area contributed by atoms with Gasteiger partial charge in [-0.05, 0) is 49.2 Å². The number of hydrogen-bond acceptors (Lipinski definition) is 2. The van der Waals surface area contributed by atoms with Crippen LogP contribution in [0.3, 0.4) is 0 Å². The van der Waals surface area contributed by atoms with E-state index in [9.17, 15) is 18.0 Å². The molecule has 0 saturated carbocycles. The molecule has 0 aliphatic heterocycles. The van der Waals surface area contributed by atoms with Crippen molar-refractivity contribution in [2.75, 3.05) is 6.54 Å². The minimum atomic E-state index is -4.37. The molecular weight excluding hydrogens is 317 g/mol. The molecule has 2 aromatic rings. The van der Waals surface area contributed by atoms with Crippen molar-refractivity contribution in [1.29, 1.82) is 0 Å². The normalized spacial score (nSPS) is 11.4. The Balaban J connectivity index is 2.10. The zero-order valence-electron chi connectivity index (χ0n) is 13.6. The van der Waals surface area contributed by atoms with Gasteiger partial charge in [-0.3, -0.25) is 9.78 Å². The van der Waals surface area contributed by atoms with E-state index in [1.807, 2.05) is 19.1 Å². The number of rotatable bonds is 5. The molecule has 0 saturated heterocycles. The van der Waals surface area contributed by atoms with Gasteiger partial charge in [0, 0.05) is 12.7 Å². The van der Waals surface area contributed by atoms with E-state index in [1.54, 1.807) is 24.1 Å². The highest BCUT2D eigenvalue weighted by molar-refractivity contribution is 5.79. The van der Waals surface area contributed by atoms with Gasteiger partial charge < -0.3 is 4.90 Å². The van der Waals surface area contributed by atoms with Crippen molar-refractivity contribution in [3.63, 3.8) is 0 Å². The number of alkyl halides is 3. The molecule has 0 N–H and O–H groups in total. The van der Waals surface area contributed by atoms with Gasteiger partial charge in [-0.15, -0.1) is 0 Å². The van der Waals surface area contributed by atoms with Crippen LogP contribution >= 0.6 is 0 Å². The number of carbonyl (C=O) groups excluding carboxylic acids is 1. The number of amides is 1. The molecule has 1 heterocycles. The largest absolute Gasteiger partial charge is 0.416 e. The SMILES string of the molecule is CCN(Cc1ccccn1)C(=O)Cc1ccc(C(F)(F)F)cc1C. The molecule has 24 heavy (non-hydrogen) atoms. The first kappa shape index (κ1) is 18.0. The van der Waals surface area contributed by atoms with Crippen LogP contribution < -0.4 is 0 Å². The predicted molar refractivity (Wildman–Crippen MR) is 85.2 cm³/mol. The molecule has 128 valence electrons. The lowest BCUT2D eigenvalue weighted by Crippen LogP contribution is -2.32. The van der Waals surface area contributed by atoms with Gasteiger partial charge in [0.1, 0.15) is 0 Å². The van der Waals surface area contributed by atoms with E-state index in [2.05, 4.69) is 4.98 Å². The van der Waals surface area contributed by atoms with Gasteiger partial charge in [-0.1, -0.05) is 12.1 Å². The van der Waals surface area contributed by atoms with E-state index < -0.39 is 11.7 Å². The van der Waals surface area contributed by atoms with Crippen LogP contribution in [0, 0.1) is 6.92 Å². The lowest BCUT2D eigenvalue weighted by molar-refractivity contribution is -0.137. The molecular formula is C18H19F3N2O.